The SMILES string of the molecule is Cc1cc(C(=O)NC[C@@]2(O)CCCN(c3ccccn3)C2)on1. The van der Waals surface area contributed by atoms with Crippen molar-refractivity contribution in [2.45, 2.75) is 25.4 Å². The number of aromatic nitrogens is 2. The van der Waals surface area contributed by atoms with Crippen LogP contribution >= 0.6 is 0 Å². The Morgan fingerprint density at radius 3 is 3.09 bits per heavy atom. The molecule has 1 atom stereocenters. The van der Waals surface area contributed by atoms with Gasteiger partial charge in [0.2, 0.25) is 5.76 Å². The van der Waals surface area contributed by atoms with Crippen LogP contribution < -0.4 is 10.2 Å². The molecule has 0 aromatic carbocycles. The number of hydrogen-bond donors (Lipinski definition) is 2. The first-order chi connectivity index (χ1) is 11.1. The van der Waals surface area contributed by atoms with Gasteiger partial charge in [-0.05, 0) is 31.9 Å². The maximum Gasteiger partial charge on any atom is 0.290 e. The minimum Gasteiger partial charge on any atom is -0.386 e. The van der Waals surface area contributed by atoms with E-state index in [9.17, 15) is 9.90 Å². The lowest BCUT2D eigenvalue weighted by Crippen LogP contribution is -2.54. The van der Waals surface area contributed by atoms with Gasteiger partial charge in [0.1, 0.15) is 5.82 Å². The second-order valence-corrected chi connectivity index (χ2v) is 5.95. The molecule has 122 valence electrons. The van der Waals surface area contributed by atoms with Crippen molar-refractivity contribution in [2.75, 3.05) is 24.5 Å². The van der Waals surface area contributed by atoms with Crippen molar-refractivity contribution in [2.24, 2.45) is 0 Å². The van der Waals surface area contributed by atoms with Gasteiger partial charge in [-0.15, -0.1) is 0 Å². The smallest absolute Gasteiger partial charge is 0.290 e. The molecule has 0 unspecified atom stereocenters. The van der Waals surface area contributed by atoms with E-state index in [1.807, 2.05) is 23.1 Å². The number of nitrogens with one attached hydrogen (secondary N) is 1. The van der Waals surface area contributed by atoms with Gasteiger partial charge < -0.3 is 19.8 Å². The van der Waals surface area contributed by atoms with E-state index in [1.54, 1.807) is 19.2 Å². The number of carbonyl (C=O) groups excluding carboxylic acids is 1. The molecule has 0 saturated carbocycles. The van der Waals surface area contributed by atoms with Crippen molar-refractivity contribution >= 4 is 11.7 Å². The number of rotatable bonds is 4. The van der Waals surface area contributed by atoms with Gasteiger partial charge in [-0.1, -0.05) is 11.2 Å². The zero-order valence-corrected chi connectivity index (χ0v) is 13.0. The van der Waals surface area contributed by atoms with Crippen LogP contribution in [0, 0.1) is 6.92 Å². The molecular formula is C16H20N4O3. The van der Waals surface area contributed by atoms with Crippen LogP contribution in [0.4, 0.5) is 5.82 Å². The van der Waals surface area contributed by atoms with Crippen LogP contribution in [-0.2, 0) is 0 Å². The summed E-state index contributed by atoms with van der Waals surface area (Å²) in [4.78, 5) is 18.4. The summed E-state index contributed by atoms with van der Waals surface area (Å²) in [5, 5.41) is 17.2. The predicted octanol–water partition coefficient (Wildman–Crippen LogP) is 1.14. The van der Waals surface area contributed by atoms with E-state index in [-0.39, 0.29) is 18.2 Å². The Hall–Kier alpha value is -2.41. The van der Waals surface area contributed by atoms with Crippen molar-refractivity contribution in [1.82, 2.24) is 15.5 Å². The van der Waals surface area contributed by atoms with Crippen LogP contribution in [0.5, 0.6) is 0 Å². The third-order valence-corrected chi connectivity index (χ3v) is 3.96. The molecule has 1 aliphatic heterocycles. The number of hydrogen-bond acceptors (Lipinski definition) is 6. The highest BCUT2D eigenvalue weighted by Crippen LogP contribution is 2.24. The fourth-order valence-electron chi connectivity index (χ4n) is 2.80. The van der Waals surface area contributed by atoms with Crippen LogP contribution in [0.2, 0.25) is 0 Å². The van der Waals surface area contributed by atoms with Gasteiger partial charge in [0.15, 0.2) is 0 Å². The van der Waals surface area contributed by atoms with Gasteiger partial charge in [-0.2, -0.15) is 0 Å². The summed E-state index contributed by atoms with van der Waals surface area (Å²) in [5.74, 6) is 0.625. The van der Waals surface area contributed by atoms with E-state index >= 15 is 0 Å². The van der Waals surface area contributed by atoms with Crippen molar-refractivity contribution in [1.29, 1.82) is 0 Å². The Bertz CT molecular complexity index is 673. The average Bonchev–Trinajstić information content (AvgIpc) is 3.00. The number of aryl methyl sites for hydroxylation is 1. The van der Waals surface area contributed by atoms with Gasteiger partial charge in [0.25, 0.3) is 5.91 Å². The lowest BCUT2D eigenvalue weighted by Gasteiger charge is -2.39. The number of nitrogens with zero attached hydrogens (tertiary/aromatic N) is 3. The normalized spacial score (nSPS) is 21.2. The Balaban J connectivity index is 1.61. The summed E-state index contributed by atoms with van der Waals surface area (Å²) in [7, 11) is 0. The molecule has 7 heteroatoms. The standard InChI is InChI=1S/C16H20N4O3/c1-12-9-13(23-19-12)15(21)18-10-16(22)6-4-8-20(11-16)14-5-2-3-7-17-14/h2-3,5,7,9,22H,4,6,8,10-11H2,1H3,(H,18,21)/t16-/m0/s1. The largest absolute Gasteiger partial charge is 0.386 e. The Morgan fingerprint density at radius 1 is 1.52 bits per heavy atom. The number of piperidine rings is 1. The number of aliphatic hydroxyl groups is 1. The lowest BCUT2D eigenvalue weighted by atomic mass is 9.92. The second kappa shape index (κ2) is 6.37. The van der Waals surface area contributed by atoms with Crippen LogP contribution in [0.3, 0.4) is 0 Å². The third-order valence-electron chi connectivity index (χ3n) is 3.96. The molecule has 2 N–H and O–H groups in total. The first kappa shape index (κ1) is 15.5. The lowest BCUT2D eigenvalue weighted by molar-refractivity contribution is 0.0250. The first-order valence-corrected chi connectivity index (χ1v) is 7.66. The summed E-state index contributed by atoms with van der Waals surface area (Å²) >= 11 is 0. The van der Waals surface area contributed by atoms with Gasteiger partial charge in [0.05, 0.1) is 11.3 Å². The highest BCUT2D eigenvalue weighted by Gasteiger charge is 2.34. The average molecular weight is 316 g/mol. The fraction of sp³-hybridized carbons (Fsp3) is 0.438. The van der Waals surface area contributed by atoms with Crippen molar-refractivity contribution in [3.63, 3.8) is 0 Å². The highest BCUT2D eigenvalue weighted by molar-refractivity contribution is 5.91. The maximum atomic E-state index is 12.0. The molecule has 1 aliphatic rings. The molecule has 0 spiro atoms. The first-order valence-electron chi connectivity index (χ1n) is 7.66. The van der Waals surface area contributed by atoms with E-state index in [1.165, 1.54) is 0 Å². The summed E-state index contributed by atoms with van der Waals surface area (Å²) in [6.07, 6.45) is 3.20. The zero-order valence-electron chi connectivity index (χ0n) is 13.0. The third kappa shape index (κ3) is 3.68. The molecule has 3 heterocycles. The molecular weight excluding hydrogens is 296 g/mol. The van der Waals surface area contributed by atoms with Crippen LogP contribution in [0.15, 0.2) is 35.0 Å². The van der Waals surface area contributed by atoms with Gasteiger partial charge >= 0.3 is 0 Å². The molecule has 1 saturated heterocycles. The minimum absolute atomic E-state index is 0.156. The number of amides is 1. The van der Waals surface area contributed by atoms with Gasteiger partial charge in [-0.3, -0.25) is 4.79 Å². The molecule has 2 aromatic heterocycles. The molecule has 7 nitrogen and oxygen atoms in total. The quantitative estimate of drug-likeness (QED) is 0.879. The van der Waals surface area contributed by atoms with E-state index in [4.69, 9.17) is 4.52 Å². The summed E-state index contributed by atoms with van der Waals surface area (Å²) in [5.41, 5.74) is -0.339. The molecule has 3 rings (SSSR count). The zero-order chi connectivity index (χ0) is 16.3. The molecule has 1 amide bonds. The fourth-order valence-corrected chi connectivity index (χ4v) is 2.80. The van der Waals surface area contributed by atoms with E-state index < -0.39 is 5.60 Å². The second-order valence-electron chi connectivity index (χ2n) is 5.95. The van der Waals surface area contributed by atoms with Crippen molar-refractivity contribution in [3.05, 3.63) is 41.9 Å². The monoisotopic (exact) mass is 316 g/mol. The van der Waals surface area contributed by atoms with Crippen LogP contribution in [0.1, 0.15) is 29.1 Å². The number of β-amino-alcohol motifs (C(OH)–C–C–N with tert-alkyl or cyclic N) is 1. The topological polar surface area (TPSA) is 91.5 Å². The van der Waals surface area contributed by atoms with Gasteiger partial charge in [0, 0.05) is 31.9 Å². The Morgan fingerprint density at radius 2 is 2.39 bits per heavy atom. The van der Waals surface area contributed by atoms with Gasteiger partial charge in [-0.25, -0.2) is 4.98 Å². The number of pyridine rings is 1. The molecule has 23 heavy (non-hydrogen) atoms. The summed E-state index contributed by atoms with van der Waals surface area (Å²) < 4.78 is 4.93. The predicted molar refractivity (Wildman–Crippen MR) is 84.2 cm³/mol. The summed E-state index contributed by atoms with van der Waals surface area (Å²) in [6, 6.07) is 7.27. The molecule has 2 aromatic rings. The van der Waals surface area contributed by atoms with Crippen LogP contribution in [0.25, 0.3) is 0 Å². The van der Waals surface area contributed by atoms with Crippen molar-refractivity contribution in [3.8, 4) is 0 Å². The molecule has 0 bridgehead atoms. The molecule has 0 radical (unpaired) electrons. The molecule has 1 fully saturated rings. The van der Waals surface area contributed by atoms with E-state index in [0.717, 1.165) is 18.8 Å². The number of anilines is 1. The van der Waals surface area contributed by atoms with E-state index in [0.29, 0.717) is 18.7 Å². The Kier molecular flexibility index (Phi) is 4.29. The van der Waals surface area contributed by atoms with Crippen LogP contribution in [-0.4, -0.2) is 46.4 Å². The minimum atomic E-state index is -0.986. The number of carbonyl (C=O) groups is 1. The maximum absolute atomic E-state index is 12.0. The summed E-state index contributed by atoms with van der Waals surface area (Å²) in [6.45, 7) is 3.18. The van der Waals surface area contributed by atoms with Crippen molar-refractivity contribution < 1.29 is 14.4 Å². The Labute approximate surface area is 134 Å². The highest BCUT2D eigenvalue weighted by atomic mass is 16.5. The van der Waals surface area contributed by atoms with E-state index in [2.05, 4.69) is 15.5 Å². The molecule has 0 aliphatic carbocycles.